The van der Waals surface area contributed by atoms with Gasteiger partial charge in [0.15, 0.2) is 0 Å². The molecular formula is C17H28N2O. The molecule has 20 heavy (non-hydrogen) atoms. The van der Waals surface area contributed by atoms with Crippen LogP contribution in [0.15, 0.2) is 18.2 Å². The normalized spacial score (nSPS) is 17.4. The molecule has 1 saturated heterocycles. The molecule has 0 aromatic heterocycles. The van der Waals surface area contributed by atoms with Crippen LogP contribution in [0.1, 0.15) is 45.7 Å². The summed E-state index contributed by atoms with van der Waals surface area (Å²) in [5.41, 5.74) is 2.90. The highest BCUT2D eigenvalue weighted by molar-refractivity contribution is 5.58. The fraction of sp³-hybridized carbons (Fsp3) is 0.647. The van der Waals surface area contributed by atoms with Crippen LogP contribution in [0.5, 0.6) is 0 Å². The first-order valence-corrected chi connectivity index (χ1v) is 7.52. The van der Waals surface area contributed by atoms with Crippen LogP contribution in [0.2, 0.25) is 0 Å². The molecule has 0 aliphatic carbocycles. The van der Waals surface area contributed by atoms with Gasteiger partial charge in [-0.2, -0.15) is 0 Å². The van der Waals surface area contributed by atoms with Crippen LogP contribution in [-0.2, 0) is 11.0 Å². The average molecular weight is 276 g/mol. The van der Waals surface area contributed by atoms with Gasteiger partial charge in [0.2, 0.25) is 0 Å². The molecule has 2 N–H and O–H groups in total. The van der Waals surface area contributed by atoms with Gasteiger partial charge in [0, 0.05) is 31.9 Å². The molecule has 3 heteroatoms. The average Bonchev–Trinajstić information content (AvgIpc) is 2.37. The quantitative estimate of drug-likeness (QED) is 0.871. The van der Waals surface area contributed by atoms with Crippen molar-refractivity contribution in [3.8, 4) is 0 Å². The first kappa shape index (κ1) is 15.3. The molecular weight excluding hydrogens is 248 g/mol. The van der Waals surface area contributed by atoms with Crippen molar-refractivity contribution in [3.63, 3.8) is 0 Å². The third-order valence-corrected chi connectivity index (χ3v) is 3.97. The van der Waals surface area contributed by atoms with Crippen molar-refractivity contribution in [1.29, 1.82) is 0 Å². The van der Waals surface area contributed by atoms with Crippen LogP contribution >= 0.6 is 0 Å². The minimum absolute atomic E-state index is 0.0709. The Hall–Kier alpha value is -1.06. The maximum atomic E-state index is 10.3. The highest BCUT2D eigenvalue weighted by Gasteiger charge is 2.25. The molecule has 1 heterocycles. The highest BCUT2D eigenvalue weighted by atomic mass is 16.3. The molecule has 0 radical (unpaired) electrons. The van der Waals surface area contributed by atoms with E-state index in [-0.39, 0.29) is 5.41 Å². The Balaban J connectivity index is 2.45. The van der Waals surface area contributed by atoms with E-state index in [2.05, 4.69) is 49.2 Å². The van der Waals surface area contributed by atoms with E-state index in [1.807, 2.05) is 13.8 Å². The van der Waals surface area contributed by atoms with Crippen LogP contribution in [0.3, 0.4) is 0 Å². The number of hydrogen-bond acceptors (Lipinski definition) is 3. The van der Waals surface area contributed by atoms with E-state index in [1.54, 1.807) is 0 Å². The van der Waals surface area contributed by atoms with Gasteiger partial charge in [-0.1, -0.05) is 32.9 Å². The predicted molar refractivity (Wildman–Crippen MR) is 85.5 cm³/mol. The number of hydrogen-bond donors (Lipinski definition) is 2. The Morgan fingerprint density at radius 1 is 1.05 bits per heavy atom. The number of nitrogens with zero attached hydrogens (tertiary/aromatic N) is 1. The molecule has 2 rings (SSSR count). The van der Waals surface area contributed by atoms with Gasteiger partial charge in [-0.3, -0.25) is 0 Å². The maximum Gasteiger partial charge on any atom is 0.0840 e. The van der Waals surface area contributed by atoms with Crippen LogP contribution < -0.4 is 10.2 Å². The molecule has 112 valence electrons. The Kier molecular flexibility index (Phi) is 4.12. The predicted octanol–water partition coefficient (Wildman–Crippen LogP) is 2.62. The molecule has 3 nitrogen and oxygen atoms in total. The van der Waals surface area contributed by atoms with Crippen molar-refractivity contribution in [2.45, 2.75) is 45.6 Å². The summed E-state index contributed by atoms with van der Waals surface area (Å²) in [7, 11) is 0. The molecule has 1 aliphatic rings. The van der Waals surface area contributed by atoms with E-state index in [1.165, 1.54) is 11.3 Å². The zero-order valence-corrected chi connectivity index (χ0v) is 13.5. The second-order valence-electron chi connectivity index (χ2n) is 7.28. The SMILES string of the molecule is CC(C)(C)c1cc(C(C)(C)O)ccc1N1CCNCC1. The molecule has 0 spiro atoms. The lowest BCUT2D eigenvalue weighted by Crippen LogP contribution is -2.44. The maximum absolute atomic E-state index is 10.3. The van der Waals surface area contributed by atoms with Crippen molar-refractivity contribution in [3.05, 3.63) is 29.3 Å². The van der Waals surface area contributed by atoms with Gasteiger partial charge in [0.05, 0.1) is 5.60 Å². The summed E-state index contributed by atoms with van der Waals surface area (Å²) >= 11 is 0. The van der Waals surface area contributed by atoms with Gasteiger partial charge in [-0.05, 0) is 36.5 Å². The minimum Gasteiger partial charge on any atom is -0.386 e. The van der Waals surface area contributed by atoms with Gasteiger partial charge >= 0.3 is 0 Å². The van der Waals surface area contributed by atoms with E-state index in [0.29, 0.717) is 0 Å². The lowest BCUT2D eigenvalue weighted by Gasteiger charge is -2.35. The Labute approximate surface area is 123 Å². The lowest BCUT2D eigenvalue weighted by molar-refractivity contribution is 0.0784. The second-order valence-corrected chi connectivity index (χ2v) is 7.28. The minimum atomic E-state index is -0.790. The number of aliphatic hydroxyl groups is 1. The standard InChI is InChI=1S/C17H28N2O/c1-16(2,3)14-12-13(17(4,5)20)6-7-15(14)19-10-8-18-9-11-19/h6-7,12,18,20H,8-11H2,1-5H3. The summed E-state index contributed by atoms with van der Waals surface area (Å²) in [6.07, 6.45) is 0. The molecule has 0 unspecified atom stereocenters. The zero-order valence-electron chi connectivity index (χ0n) is 13.5. The van der Waals surface area contributed by atoms with E-state index in [0.717, 1.165) is 31.7 Å². The van der Waals surface area contributed by atoms with Crippen LogP contribution in [0, 0.1) is 0 Å². The van der Waals surface area contributed by atoms with E-state index < -0.39 is 5.60 Å². The van der Waals surface area contributed by atoms with Crippen molar-refractivity contribution < 1.29 is 5.11 Å². The Morgan fingerprint density at radius 3 is 2.15 bits per heavy atom. The second kappa shape index (κ2) is 5.38. The van der Waals surface area contributed by atoms with E-state index in [9.17, 15) is 5.11 Å². The molecule has 1 aliphatic heterocycles. The summed E-state index contributed by atoms with van der Waals surface area (Å²) < 4.78 is 0. The molecule has 1 fully saturated rings. The fourth-order valence-electron chi connectivity index (χ4n) is 2.70. The molecule has 1 aromatic rings. The van der Waals surface area contributed by atoms with Crippen molar-refractivity contribution in [1.82, 2.24) is 5.32 Å². The largest absolute Gasteiger partial charge is 0.386 e. The van der Waals surface area contributed by atoms with Gasteiger partial charge < -0.3 is 15.3 Å². The summed E-state index contributed by atoms with van der Waals surface area (Å²) in [6, 6.07) is 6.42. The summed E-state index contributed by atoms with van der Waals surface area (Å²) in [5.74, 6) is 0. The van der Waals surface area contributed by atoms with Crippen molar-refractivity contribution in [2.24, 2.45) is 0 Å². The summed E-state index contributed by atoms with van der Waals surface area (Å²) in [4.78, 5) is 2.45. The Morgan fingerprint density at radius 2 is 1.65 bits per heavy atom. The smallest absolute Gasteiger partial charge is 0.0840 e. The van der Waals surface area contributed by atoms with Gasteiger partial charge in [0.1, 0.15) is 0 Å². The van der Waals surface area contributed by atoms with Crippen molar-refractivity contribution in [2.75, 3.05) is 31.1 Å². The lowest BCUT2D eigenvalue weighted by atomic mass is 9.82. The number of nitrogens with one attached hydrogen (secondary N) is 1. The van der Waals surface area contributed by atoms with Crippen molar-refractivity contribution >= 4 is 5.69 Å². The molecule has 0 amide bonds. The summed E-state index contributed by atoms with van der Waals surface area (Å²) in [5, 5.41) is 13.7. The van der Waals surface area contributed by atoms with Gasteiger partial charge in [-0.25, -0.2) is 0 Å². The number of benzene rings is 1. The zero-order chi connectivity index (χ0) is 15.0. The number of piperazine rings is 1. The molecule has 0 atom stereocenters. The third kappa shape index (κ3) is 3.33. The monoisotopic (exact) mass is 276 g/mol. The van der Waals surface area contributed by atoms with E-state index in [4.69, 9.17) is 0 Å². The van der Waals surface area contributed by atoms with Crippen LogP contribution in [0.4, 0.5) is 5.69 Å². The Bertz CT molecular complexity index is 463. The molecule has 0 bridgehead atoms. The first-order valence-electron chi connectivity index (χ1n) is 7.52. The first-order chi connectivity index (χ1) is 9.19. The highest BCUT2D eigenvalue weighted by Crippen LogP contribution is 2.35. The van der Waals surface area contributed by atoms with Gasteiger partial charge in [-0.15, -0.1) is 0 Å². The summed E-state index contributed by atoms with van der Waals surface area (Å²) in [6.45, 7) is 14.6. The van der Waals surface area contributed by atoms with Gasteiger partial charge in [0.25, 0.3) is 0 Å². The van der Waals surface area contributed by atoms with Crippen LogP contribution in [0.25, 0.3) is 0 Å². The number of rotatable bonds is 2. The molecule has 1 aromatic carbocycles. The number of anilines is 1. The topological polar surface area (TPSA) is 35.5 Å². The molecule has 0 saturated carbocycles. The fourth-order valence-corrected chi connectivity index (χ4v) is 2.70. The third-order valence-electron chi connectivity index (χ3n) is 3.97. The van der Waals surface area contributed by atoms with Crippen LogP contribution in [-0.4, -0.2) is 31.3 Å². The van der Waals surface area contributed by atoms with E-state index >= 15 is 0 Å².